The molecule has 160 valence electrons. The fourth-order valence-corrected chi connectivity index (χ4v) is 4.01. The maximum atomic E-state index is 12.8. The van der Waals surface area contributed by atoms with Crippen LogP contribution >= 0.6 is 0 Å². The molecular formula is C24H31N3O3. The Kier molecular flexibility index (Phi) is 7.85. The number of ether oxygens (including phenoxy) is 1. The summed E-state index contributed by atoms with van der Waals surface area (Å²) in [4.78, 5) is 26.8. The van der Waals surface area contributed by atoms with E-state index in [0.717, 1.165) is 30.0 Å². The van der Waals surface area contributed by atoms with Gasteiger partial charge in [-0.3, -0.25) is 14.5 Å². The molecule has 2 aromatic rings. The zero-order valence-electron chi connectivity index (χ0n) is 17.8. The number of carbonyl (C=O) groups excluding carboxylic acids is 2. The molecule has 2 unspecified atom stereocenters. The van der Waals surface area contributed by atoms with E-state index in [2.05, 4.69) is 21.6 Å². The number of nitrogens with zero attached hydrogens (tertiary/aromatic N) is 1. The highest BCUT2D eigenvalue weighted by atomic mass is 16.5. The first kappa shape index (κ1) is 21.8. The van der Waals surface area contributed by atoms with Crippen molar-refractivity contribution in [1.82, 2.24) is 15.5 Å². The van der Waals surface area contributed by atoms with Gasteiger partial charge in [-0.05, 0) is 49.2 Å². The number of benzene rings is 2. The molecule has 1 aliphatic heterocycles. The van der Waals surface area contributed by atoms with Gasteiger partial charge in [0.1, 0.15) is 5.75 Å². The number of rotatable bonds is 9. The fraction of sp³-hybridized carbons (Fsp3) is 0.417. The molecule has 0 aliphatic carbocycles. The predicted octanol–water partition coefficient (Wildman–Crippen LogP) is 3.22. The normalized spacial score (nSPS) is 15.9. The number of likely N-dealkylation sites (tertiary alicyclic amines) is 1. The van der Waals surface area contributed by atoms with Crippen LogP contribution < -0.4 is 15.4 Å². The summed E-state index contributed by atoms with van der Waals surface area (Å²) in [6.45, 7) is 4.04. The molecule has 0 spiro atoms. The topological polar surface area (TPSA) is 70.7 Å². The number of amides is 2. The molecule has 1 saturated heterocycles. The molecule has 3 rings (SSSR count). The van der Waals surface area contributed by atoms with Crippen LogP contribution in [0.2, 0.25) is 0 Å². The summed E-state index contributed by atoms with van der Waals surface area (Å²) in [5.74, 6) is 0.588. The summed E-state index contributed by atoms with van der Waals surface area (Å²) in [7, 11) is 1.66. The molecular weight excluding hydrogens is 378 g/mol. The molecule has 0 radical (unpaired) electrons. The number of hydrogen-bond donors (Lipinski definition) is 2. The van der Waals surface area contributed by atoms with Crippen LogP contribution in [0.15, 0.2) is 54.6 Å². The monoisotopic (exact) mass is 409 g/mol. The summed E-state index contributed by atoms with van der Waals surface area (Å²) in [5, 5.41) is 5.99. The molecule has 0 aromatic heterocycles. The van der Waals surface area contributed by atoms with E-state index in [1.165, 1.54) is 19.8 Å². The minimum atomic E-state index is -0.342. The van der Waals surface area contributed by atoms with Gasteiger partial charge in [0.05, 0.1) is 25.6 Å². The second-order valence-electron chi connectivity index (χ2n) is 7.71. The molecule has 1 fully saturated rings. The third-order valence-corrected chi connectivity index (χ3v) is 5.52. The number of carbonyl (C=O) groups is 2. The first-order valence-corrected chi connectivity index (χ1v) is 10.5. The van der Waals surface area contributed by atoms with Crippen LogP contribution in [-0.4, -0.2) is 43.5 Å². The quantitative estimate of drug-likeness (QED) is 0.667. The van der Waals surface area contributed by atoms with Crippen LogP contribution in [0.5, 0.6) is 5.75 Å². The van der Waals surface area contributed by atoms with Gasteiger partial charge in [-0.2, -0.15) is 0 Å². The summed E-state index contributed by atoms with van der Waals surface area (Å²) in [5.41, 5.74) is 2.06. The van der Waals surface area contributed by atoms with Crippen molar-refractivity contribution < 1.29 is 14.3 Å². The second-order valence-corrected chi connectivity index (χ2v) is 7.71. The van der Waals surface area contributed by atoms with Gasteiger partial charge in [-0.15, -0.1) is 0 Å². The Labute approximate surface area is 178 Å². The lowest BCUT2D eigenvalue weighted by Crippen LogP contribution is -2.38. The molecule has 2 atom stereocenters. The molecule has 1 aliphatic rings. The van der Waals surface area contributed by atoms with E-state index in [1.54, 1.807) is 7.11 Å². The Morgan fingerprint density at radius 1 is 1.03 bits per heavy atom. The Hall–Kier alpha value is -2.86. The number of nitrogens with one attached hydrogen (secondary N) is 2. The molecule has 2 aromatic carbocycles. The van der Waals surface area contributed by atoms with Crippen molar-refractivity contribution in [1.29, 1.82) is 0 Å². The van der Waals surface area contributed by atoms with E-state index in [-0.39, 0.29) is 30.3 Å². The maximum absolute atomic E-state index is 12.8. The number of hydrogen-bond acceptors (Lipinski definition) is 4. The Morgan fingerprint density at radius 2 is 1.73 bits per heavy atom. The third kappa shape index (κ3) is 6.07. The average Bonchev–Trinajstić information content (AvgIpc) is 3.28. The standard InChI is InChI=1S/C24H31N3O3/c1-18(28)26-22(19-9-4-3-5-10-19)16-24(29)25-17-23(27-13-6-7-14-27)20-11-8-12-21(15-20)30-2/h3-5,8-12,15,22-23H,6-7,13-14,16-17H2,1-2H3,(H,25,29)(H,26,28). The highest BCUT2D eigenvalue weighted by Crippen LogP contribution is 2.27. The summed E-state index contributed by atoms with van der Waals surface area (Å²) >= 11 is 0. The first-order chi connectivity index (χ1) is 14.6. The van der Waals surface area contributed by atoms with E-state index >= 15 is 0 Å². The van der Waals surface area contributed by atoms with Crippen molar-refractivity contribution in [3.63, 3.8) is 0 Å². The average molecular weight is 410 g/mol. The van der Waals surface area contributed by atoms with Gasteiger partial charge < -0.3 is 15.4 Å². The third-order valence-electron chi connectivity index (χ3n) is 5.52. The predicted molar refractivity (Wildman–Crippen MR) is 117 cm³/mol. The van der Waals surface area contributed by atoms with Gasteiger partial charge in [0.25, 0.3) is 0 Å². The van der Waals surface area contributed by atoms with Crippen molar-refractivity contribution in [3.05, 3.63) is 65.7 Å². The smallest absolute Gasteiger partial charge is 0.222 e. The van der Waals surface area contributed by atoms with Gasteiger partial charge >= 0.3 is 0 Å². The fourth-order valence-electron chi connectivity index (χ4n) is 4.01. The van der Waals surface area contributed by atoms with E-state index in [1.807, 2.05) is 48.5 Å². The second kappa shape index (κ2) is 10.8. The van der Waals surface area contributed by atoms with Crippen molar-refractivity contribution in [2.24, 2.45) is 0 Å². The molecule has 30 heavy (non-hydrogen) atoms. The molecule has 1 heterocycles. The summed E-state index contributed by atoms with van der Waals surface area (Å²) in [6.07, 6.45) is 2.55. The lowest BCUT2D eigenvalue weighted by molar-refractivity contribution is -0.123. The zero-order valence-corrected chi connectivity index (χ0v) is 17.8. The maximum Gasteiger partial charge on any atom is 0.222 e. The van der Waals surface area contributed by atoms with Crippen LogP contribution in [0, 0.1) is 0 Å². The van der Waals surface area contributed by atoms with Crippen LogP contribution in [0.1, 0.15) is 49.4 Å². The Morgan fingerprint density at radius 3 is 2.40 bits per heavy atom. The minimum absolute atomic E-state index is 0.0790. The minimum Gasteiger partial charge on any atom is -0.497 e. The van der Waals surface area contributed by atoms with E-state index in [9.17, 15) is 9.59 Å². The molecule has 0 bridgehead atoms. The molecule has 6 heteroatoms. The van der Waals surface area contributed by atoms with E-state index in [4.69, 9.17) is 4.74 Å². The van der Waals surface area contributed by atoms with Crippen molar-refractivity contribution >= 4 is 11.8 Å². The molecule has 6 nitrogen and oxygen atoms in total. The van der Waals surface area contributed by atoms with Crippen LogP contribution in [0.3, 0.4) is 0 Å². The van der Waals surface area contributed by atoms with Gasteiger partial charge in [0.2, 0.25) is 11.8 Å². The van der Waals surface area contributed by atoms with Crippen molar-refractivity contribution in [2.75, 3.05) is 26.7 Å². The van der Waals surface area contributed by atoms with Gasteiger partial charge in [-0.1, -0.05) is 42.5 Å². The van der Waals surface area contributed by atoms with Gasteiger partial charge in [0.15, 0.2) is 0 Å². The lowest BCUT2D eigenvalue weighted by Gasteiger charge is -2.29. The summed E-state index contributed by atoms with van der Waals surface area (Å²) < 4.78 is 5.39. The van der Waals surface area contributed by atoms with E-state index in [0.29, 0.717) is 6.54 Å². The zero-order chi connectivity index (χ0) is 21.3. The van der Waals surface area contributed by atoms with Gasteiger partial charge in [0, 0.05) is 13.5 Å². The highest BCUT2D eigenvalue weighted by molar-refractivity contribution is 5.79. The lowest BCUT2D eigenvalue weighted by atomic mass is 10.0. The van der Waals surface area contributed by atoms with Gasteiger partial charge in [-0.25, -0.2) is 0 Å². The molecule has 2 amide bonds. The highest BCUT2D eigenvalue weighted by Gasteiger charge is 2.25. The van der Waals surface area contributed by atoms with Crippen molar-refractivity contribution in [2.45, 2.75) is 38.3 Å². The largest absolute Gasteiger partial charge is 0.497 e. The SMILES string of the molecule is COc1cccc(C(CNC(=O)CC(NC(C)=O)c2ccccc2)N2CCCC2)c1. The Bertz CT molecular complexity index is 835. The van der Waals surface area contributed by atoms with Crippen LogP contribution in [-0.2, 0) is 9.59 Å². The van der Waals surface area contributed by atoms with Crippen molar-refractivity contribution in [3.8, 4) is 5.75 Å². The van der Waals surface area contributed by atoms with Crippen LogP contribution in [0.4, 0.5) is 0 Å². The van der Waals surface area contributed by atoms with E-state index < -0.39 is 0 Å². The van der Waals surface area contributed by atoms with Crippen LogP contribution in [0.25, 0.3) is 0 Å². The molecule has 0 saturated carbocycles. The molecule has 2 N–H and O–H groups in total. The first-order valence-electron chi connectivity index (χ1n) is 10.5. The Balaban J connectivity index is 1.67. The number of methoxy groups -OCH3 is 1. The summed E-state index contributed by atoms with van der Waals surface area (Å²) in [6, 6.07) is 17.4.